The maximum Gasteiger partial charge on any atom is 0.416 e. The molecule has 0 amide bonds. The number of ether oxygens (including phenoxy) is 1. The molecule has 1 aromatic carbocycles. The van der Waals surface area contributed by atoms with E-state index in [-0.39, 0.29) is 17.3 Å². The lowest BCUT2D eigenvalue weighted by Gasteiger charge is -2.14. The first-order valence-corrected chi connectivity index (χ1v) is 7.40. The molecule has 0 atom stereocenters. The molecule has 0 N–H and O–H groups in total. The Morgan fingerprint density at radius 3 is 2.71 bits per heavy atom. The van der Waals surface area contributed by atoms with E-state index in [4.69, 9.17) is 16.3 Å². The standard InChI is InChI=1S/C16H13ClF3N3O/c1-9-10(4-3-5-11(9)16(18,19)20)7-23-8-21-14-12(24-2)6-13(17)22-15(14)23/h3-6,8H,7H2,1-2H3. The van der Waals surface area contributed by atoms with Gasteiger partial charge in [-0.05, 0) is 24.1 Å². The number of hydrogen-bond donors (Lipinski definition) is 0. The summed E-state index contributed by atoms with van der Waals surface area (Å²) < 4.78 is 46.0. The predicted octanol–water partition coefficient (Wildman–Crippen LogP) is 4.47. The fraction of sp³-hybridized carbons (Fsp3) is 0.250. The van der Waals surface area contributed by atoms with Gasteiger partial charge in [0.15, 0.2) is 11.4 Å². The molecule has 0 bridgehead atoms. The van der Waals surface area contributed by atoms with Gasteiger partial charge in [-0.3, -0.25) is 0 Å². The number of alkyl halides is 3. The van der Waals surface area contributed by atoms with Gasteiger partial charge in [-0.25, -0.2) is 9.97 Å². The van der Waals surface area contributed by atoms with E-state index < -0.39 is 11.7 Å². The van der Waals surface area contributed by atoms with Gasteiger partial charge in [0, 0.05) is 6.07 Å². The zero-order valence-corrected chi connectivity index (χ0v) is 13.6. The lowest BCUT2D eigenvalue weighted by molar-refractivity contribution is -0.138. The molecule has 0 aliphatic carbocycles. The Labute approximate surface area is 140 Å². The van der Waals surface area contributed by atoms with Crippen LogP contribution in [0.1, 0.15) is 16.7 Å². The smallest absolute Gasteiger partial charge is 0.416 e. The van der Waals surface area contributed by atoms with Crippen molar-refractivity contribution in [1.82, 2.24) is 14.5 Å². The average molecular weight is 356 g/mol. The number of halogens is 4. The Morgan fingerprint density at radius 1 is 1.29 bits per heavy atom. The number of benzene rings is 1. The van der Waals surface area contributed by atoms with E-state index in [1.165, 1.54) is 32.5 Å². The topological polar surface area (TPSA) is 39.9 Å². The quantitative estimate of drug-likeness (QED) is 0.651. The lowest BCUT2D eigenvalue weighted by Crippen LogP contribution is -2.10. The summed E-state index contributed by atoms with van der Waals surface area (Å²) in [7, 11) is 1.49. The molecule has 0 aliphatic rings. The Kier molecular flexibility index (Phi) is 4.13. The largest absolute Gasteiger partial charge is 0.494 e. The van der Waals surface area contributed by atoms with Crippen LogP contribution in [0.4, 0.5) is 13.2 Å². The molecule has 8 heteroatoms. The number of aromatic nitrogens is 3. The summed E-state index contributed by atoms with van der Waals surface area (Å²) in [6, 6.07) is 5.66. The molecule has 24 heavy (non-hydrogen) atoms. The molecule has 2 aromatic heterocycles. The summed E-state index contributed by atoms with van der Waals surface area (Å²) in [4.78, 5) is 8.43. The van der Waals surface area contributed by atoms with E-state index in [9.17, 15) is 13.2 Å². The van der Waals surface area contributed by atoms with Gasteiger partial charge in [0.1, 0.15) is 10.7 Å². The van der Waals surface area contributed by atoms with Crippen LogP contribution in [-0.4, -0.2) is 21.6 Å². The van der Waals surface area contributed by atoms with Crippen LogP contribution in [0.15, 0.2) is 30.6 Å². The fourth-order valence-electron chi connectivity index (χ4n) is 2.59. The molecule has 0 spiro atoms. The summed E-state index contributed by atoms with van der Waals surface area (Å²) in [5, 5.41) is 0.224. The van der Waals surface area contributed by atoms with E-state index in [1.807, 2.05) is 0 Å². The molecule has 0 saturated heterocycles. The Bertz CT molecular complexity index is 905. The van der Waals surface area contributed by atoms with Crippen LogP contribution in [0.5, 0.6) is 5.75 Å². The first-order chi connectivity index (χ1) is 11.3. The molecule has 0 radical (unpaired) electrons. The van der Waals surface area contributed by atoms with E-state index >= 15 is 0 Å². The second-order valence-corrected chi connectivity index (χ2v) is 5.67. The van der Waals surface area contributed by atoms with Crippen LogP contribution in [0.25, 0.3) is 11.2 Å². The van der Waals surface area contributed by atoms with E-state index in [0.29, 0.717) is 22.5 Å². The van der Waals surface area contributed by atoms with Gasteiger partial charge in [-0.1, -0.05) is 23.7 Å². The van der Waals surface area contributed by atoms with Crippen molar-refractivity contribution >= 4 is 22.8 Å². The summed E-state index contributed by atoms with van der Waals surface area (Å²) >= 11 is 5.97. The minimum absolute atomic E-state index is 0.181. The summed E-state index contributed by atoms with van der Waals surface area (Å²) in [5.74, 6) is 0.463. The molecule has 126 valence electrons. The van der Waals surface area contributed by atoms with Gasteiger partial charge in [0.25, 0.3) is 0 Å². The van der Waals surface area contributed by atoms with Gasteiger partial charge in [0.2, 0.25) is 0 Å². The van der Waals surface area contributed by atoms with Gasteiger partial charge in [-0.15, -0.1) is 0 Å². The Morgan fingerprint density at radius 2 is 2.04 bits per heavy atom. The van der Waals surface area contributed by atoms with Crippen LogP contribution < -0.4 is 4.74 Å². The number of imidazole rings is 1. The first kappa shape index (κ1) is 16.6. The zero-order valence-electron chi connectivity index (χ0n) is 12.9. The maximum absolute atomic E-state index is 13.0. The van der Waals surface area contributed by atoms with Crippen molar-refractivity contribution in [2.24, 2.45) is 0 Å². The minimum Gasteiger partial charge on any atom is -0.494 e. The van der Waals surface area contributed by atoms with E-state index in [2.05, 4.69) is 9.97 Å². The third kappa shape index (κ3) is 2.91. The molecule has 3 aromatic rings. The minimum atomic E-state index is -4.39. The predicted molar refractivity (Wildman–Crippen MR) is 84.4 cm³/mol. The SMILES string of the molecule is COc1cc(Cl)nc2c1ncn2Cc1cccc(C(F)(F)F)c1C. The van der Waals surface area contributed by atoms with Crippen molar-refractivity contribution < 1.29 is 17.9 Å². The fourth-order valence-corrected chi connectivity index (χ4v) is 2.77. The van der Waals surface area contributed by atoms with Crippen molar-refractivity contribution in [3.8, 4) is 5.75 Å². The number of fused-ring (bicyclic) bond motifs is 1. The monoisotopic (exact) mass is 355 g/mol. The number of hydrogen-bond acceptors (Lipinski definition) is 3. The summed E-state index contributed by atoms with van der Waals surface area (Å²) in [6.07, 6.45) is -2.88. The number of pyridine rings is 1. The molecular formula is C16H13ClF3N3O. The zero-order chi connectivity index (χ0) is 17.5. The Balaban J connectivity index is 2.07. The Hall–Kier alpha value is -2.28. The van der Waals surface area contributed by atoms with Gasteiger partial charge in [0.05, 0.1) is 25.5 Å². The van der Waals surface area contributed by atoms with Crippen molar-refractivity contribution in [2.45, 2.75) is 19.6 Å². The van der Waals surface area contributed by atoms with Crippen LogP contribution >= 0.6 is 11.6 Å². The van der Waals surface area contributed by atoms with E-state index in [1.54, 1.807) is 10.6 Å². The molecule has 0 unspecified atom stereocenters. The molecule has 0 aliphatic heterocycles. The molecule has 2 heterocycles. The van der Waals surface area contributed by atoms with Crippen LogP contribution in [-0.2, 0) is 12.7 Å². The third-order valence-corrected chi connectivity index (χ3v) is 4.01. The van der Waals surface area contributed by atoms with Gasteiger partial charge >= 0.3 is 6.18 Å². The van der Waals surface area contributed by atoms with Crippen LogP contribution in [0.2, 0.25) is 5.15 Å². The lowest BCUT2D eigenvalue weighted by atomic mass is 10.0. The second-order valence-electron chi connectivity index (χ2n) is 5.28. The van der Waals surface area contributed by atoms with E-state index in [0.717, 1.165) is 6.07 Å². The van der Waals surface area contributed by atoms with Crippen molar-refractivity contribution in [2.75, 3.05) is 7.11 Å². The molecule has 4 nitrogen and oxygen atoms in total. The highest BCUT2D eigenvalue weighted by Crippen LogP contribution is 2.33. The molecule has 3 rings (SSSR count). The first-order valence-electron chi connectivity index (χ1n) is 7.02. The third-order valence-electron chi connectivity index (χ3n) is 3.82. The molecular weight excluding hydrogens is 343 g/mol. The molecule has 0 fully saturated rings. The normalized spacial score (nSPS) is 11.9. The summed E-state index contributed by atoms with van der Waals surface area (Å²) in [5.41, 5.74) is 1.03. The van der Waals surface area contributed by atoms with Crippen LogP contribution in [0.3, 0.4) is 0 Å². The highest BCUT2D eigenvalue weighted by Gasteiger charge is 2.32. The van der Waals surface area contributed by atoms with Crippen LogP contribution in [0, 0.1) is 6.92 Å². The summed E-state index contributed by atoms with van der Waals surface area (Å²) in [6.45, 7) is 1.65. The number of rotatable bonds is 3. The average Bonchev–Trinajstić information content (AvgIpc) is 2.90. The maximum atomic E-state index is 13.0. The highest BCUT2D eigenvalue weighted by atomic mass is 35.5. The van der Waals surface area contributed by atoms with Crippen molar-refractivity contribution in [1.29, 1.82) is 0 Å². The number of methoxy groups -OCH3 is 1. The van der Waals surface area contributed by atoms with Gasteiger partial charge in [-0.2, -0.15) is 13.2 Å². The second kappa shape index (κ2) is 5.98. The highest BCUT2D eigenvalue weighted by molar-refractivity contribution is 6.30. The molecule has 0 saturated carbocycles. The van der Waals surface area contributed by atoms with Gasteiger partial charge < -0.3 is 9.30 Å². The van der Waals surface area contributed by atoms with Crippen molar-refractivity contribution in [3.05, 3.63) is 52.4 Å². The number of nitrogens with zero attached hydrogens (tertiary/aromatic N) is 3. The van der Waals surface area contributed by atoms with Crippen molar-refractivity contribution in [3.63, 3.8) is 0 Å².